The molecule has 0 bridgehead atoms. The van der Waals surface area contributed by atoms with Crippen LogP contribution in [0.5, 0.6) is 0 Å². The van der Waals surface area contributed by atoms with Crippen LogP contribution in [0.15, 0.2) is 0 Å². The lowest BCUT2D eigenvalue weighted by atomic mass is 9.90. The molecule has 0 aromatic heterocycles. The Kier molecular flexibility index (Phi) is 7.67. The molecule has 9 nitrogen and oxygen atoms in total. The summed E-state index contributed by atoms with van der Waals surface area (Å²) in [6.07, 6.45) is 3.28. The van der Waals surface area contributed by atoms with Crippen molar-refractivity contribution in [2.24, 2.45) is 17.8 Å². The van der Waals surface area contributed by atoms with Crippen LogP contribution in [0.2, 0.25) is 0 Å². The van der Waals surface area contributed by atoms with Crippen molar-refractivity contribution in [1.82, 2.24) is 14.7 Å². The van der Waals surface area contributed by atoms with Crippen molar-refractivity contribution >= 4 is 23.9 Å². The minimum absolute atomic E-state index is 0.0871. The van der Waals surface area contributed by atoms with E-state index in [2.05, 4.69) is 0 Å². The number of ether oxygens (including phenoxy) is 1. The normalized spacial score (nSPS) is 22.0. The molecule has 3 aliphatic rings. The molecule has 32 heavy (non-hydrogen) atoms. The Morgan fingerprint density at radius 2 is 1.00 bits per heavy atom. The first kappa shape index (κ1) is 24.3. The number of piperidine rings is 3. The van der Waals surface area contributed by atoms with Gasteiger partial charge in [-0.05, 0) is 59.3 Å². The molecule has 0 aliphatic carbocycles. The minimum Gasteiger partial charge on any atom is -0.481 e. The summed E-state index contributed by atoms with van der Waals surface area (Å²) >= 11 is 0. The maximum atomic E-state index is 13.0. The van der Waals surface area contributed by atoms with Gasteiger partial charge in [0.2, 0.25) is 11.8 Å². The van der Waals surface area contributed by atoms with Crippen LogP contribution in [0.3, 0.4) is 0 Å². The van der Waals surface area contributed by atoms with E-state index in [1.54, 1.807) is 9.80 Å². The molecule has 3 amide bonds. The average Bonchev–Trinajstić information content (AvgIpc) is 2.77. The molecule has 3 fully saturated rings. The highest BCUT2D eigenvalue weighted by Gasteiger charge is 2.36. The molecule has 0 radical (unpaired) electrons. The molecule has 0 aromatic carbocycles. The van der Waals surface area contributed by atoms with Crippen LogP contribution in [0, 0.1) is 17.8 Å². The number of carboxylic acid groups (broad SMARTS) is 1. The number of carbonyl (C=O) groups is 4. The lowest BCUT2D eigenvalue weighted by Crippen LogP contribution is -2.49. The first-order chi connectivity index (χ1) is 15.0. The molecule has 180 valence electrons. The Balaban J connectivity index is 1.41. The fraction of sp³-hybridized carbons (Fsp3) is 0.826. The fourth-order valence-electron chi connectivity index (χ4n) is 4.85. The van der Waals surface area contributed by atoms with Crippen LogP contribution >= 0.6 is 0 Å². The third kappa shape index (κ3) is 6.13. The van der Waals surface area contributed by atoms with Crippen LogP contribution in [0.25, 0.3) is 0 Å². The van der Waals surface area contributed by atoms with E-state index in [9.17, 15) is 19.2 Å². The van der Waals surface area contributed by atoms with E-state index >= 15 is 0 Å². The van der Waals surface area contributed by atoms with Gasteiger partial charge in [0, 0.05) is 51.1 Å². The zero-order valence-corrected chi connectivity index (χ0v) is 19.5. The number of hydrogen-bond donors (Lipinski definition) is 1. The third-order valence-corrected chi connectivity index (χ3v) is 6.81. The molecule has 9 heteroatoms. The molecule has 3 rings (SSSR count). The summed E-state index contributed by atoms with van der Waals surface area (Å²) in [6.45, 7) is 8.73. The largest absolute Gasteiger partial charge is 0.481 e. The Hall–Kier alpha value is -2.32. The van der Waals surface area contributed by atoms with Gasteiger partial charge in [-0.3, -0.25) is 14.4 Å². The Labute approximate surface area is 190 Å². The second-order valence-electron chi connectivity index (χ2n) is 10.3. The summed E-state index contributed by atoms with van der Waals surface area (Å²) in [6, 6.07) is 0. The lowest BCUT2D eigenvalue weighted by Gasteiger charge is -2.39. The van der Waals surface area contributed by atoms with Gasteiger partial charge in [0.15, 0.2) is 0 Å². The average molecular weight is 452 g/mol. The van der Waals surface area contributed by atoms with Crippen molar-refractivity contribution in [3.63, 3.8) is 0 Å². The van der Waals surface area contributed by atoms with Crippen LogP contribution in [-0.2, 0) is 19.1 Å². The summed E-state index contributed by atoms with van der Waals surface area (Å²) in [5.74, 6) is -1.07. The minimum atomic E-state index is -0.777. The van der Waals surface area contributed by atoms with Gasteiger partial charge < -0.3 is 24.5 Å². The van der Waals surface area contributed by atoms with Gasteiger partial charge >= 0.3 is 12.1 Å². The van der Waals surface area contributed by atoms with Gasteiger partial charge in [0.25, 0.3) is 0 Å². The fourth-order valence-corrected chi connectivity index (χ4v) is 4.85. The number of amides is 3. The number of likely N-dealkylation sites (tertiary alicyclic amines) is 3. The van der Waals surface area contributed by atoms with E-state index in [-0.39, 0.29) is 35.7 Å². The SMILES string of the molecule is CC(C)(C)OC(=O)N1CCC(C(=O)N2CCC(C(=O)N3CCC(C(=O)O)CC3)CC2)CC1. The summed E-state index contributed by atoms with van der Waals surface area (Å²) in [5.41, 5.74) is -0.530. The molecular formula is C23H37N3O6. The van der Waals surface area contributed by atoms with E-state index in [0.29, 0.717) is 77.8 Å². The summed E-state index contributed by atoms with van der Waals surface area (Å²) in [7, 11) is 0. The number of rotatable bonds is 3. The number of hydrogen-bond acceptors (Lipinski definition) is 5. The molecule has 0 aromatic rings. The maximum absolute atomic E-state index is 13.0. The zero-order chi connectivity index (χ0) is 23.5. The van der Waals surface area contributed by atoms with Crippen LogP contribution < -0.4 is 0 Å². The second-order valence-corrected chi connectivity index (χ2v) is 10.3. The number of aliphatic carboxylic acids is 1. The van der Waals surface area contributed by atoms with Crippen molar-refractivity contribution in [2.75, 3.05) is 39.3 Å². The highest BCUT2D eigenvalue weighted by Crippen LogP contribution is 2.27. The van der Waals surface area contributed by atoms with Crippen molar-refractivity contribution < 1.29 is 29.0 Å². The third-order valence-electron chi connectivity index (χ3n) is 6.81. The van der Waals surface area contributed by atoms with E-state index in [1.807, 2.05) is 25.7 Å². The molecule has 0 atom stereocenters. The van der Waals surface area contributed by atoms with Crippen LogP contribution in [0.4, 0.5) is 4.79 Å². The molecule has 1 N–H and O–H groups in total. The molecule has 3 saturated heterocycles. The predicted molar refractivity (Wildman–Crippen MR) is 117 cm³/mol. The first-order valence-electron chi connectivity index (χ1n) is 11.8. The molecule has 0 saturated carbocycles. The first-order valence-corrected chi connectivity index (χ1v) is 11.8. The standard InChI is InChI=1S/C23H37N3O6/c1-23(2,3)32-22(31)26-14-6-17(7-15-26)20(28)24-10-4-16(5-11-24)19(27)25-12-8-18(9-13-25)21(29)30/h16-18H,4-15H2,1-3H3,(H,29,30). The molecule has 3 aliphatic heterocycles. The van der Waals surface area contributed by atoms with E-state index < -0.39 is 11.6 Å². The highest BCUT2D eigenvalue weighted by molar-refractivity contribution is 5.82. The van der Waals surface area contributed by atoms with Gasteiger partial charge in [-0.1, -0.05) is 0 Å². The number of nitrogens with zero attached hydrogens (tertiary/aromatic N) is 3. The summed E-state index contributed by atoms with van der Waals surface area (Å²) in [4.78, 5) is 54.5. The molecule has 0 unspecified atom stereocenters. The van der Waals surface area contributed by atoms with Gasteiger partial charge in [-0.25, -0.2) is 4.79 Å². The van der Waals surface area contributed by atoms with Crippen LogP contribution in [0.1, 0.15) is 59.3 Å². The topological polar surface area (TPSA) is 107 Å². The van der Waals surface area contributed by atoms with Crippen molar-refractivity contribution in [3.8, 4) is 0 Å². The summed E-state index contributed by atoms with van der Waals surface area (Å²) < 4.78 is 5.42. The predicted octanol–water partition coefficient (Wildman–Crippen LogP) is 2.20. The lowest BCUT2D eigenvalue weighted by molar-refractivity contribution is -0.148. The van der Waals surface area contributed by atoms with E-state index in [1.165, 1.54) is 0 Å². The van der Waals surface area contributed by atoms with Gasteiger partial charge in [-0.15, -0.1) is 0 Å². The van der Waals surface area contributed by atoms with E-state index in [0.717, 1.165) is 0 Å². The van der Waals surface area contributed by atoms with Gasteiger partial charge in [-0.2, -0.15) is 0 Å². The smallest absolute Gasteiger partial charge is 0.410 e. The van der Waals surface area contributed by atoms with Crippen molar-refractivity contribution in [2.45, 2.75) is 64.9 Å². The Morgan fingerprint density at radius 3 is 1.34 bits per heavy atom. The maximum Gasteiger partial charge on any atom is 0.410 e. The van der Waals surface area contributed by atoms with Crippen molar-refractivity contribution in [3.05, 3.63) is 0 Å². The second kappa shape index (κ2) is 10.1. The van der Waals surface area contributed by atoms with E-state index in [4.69, 9.17) is 9.84 Å². The highest BCUT2D eigenvalue weighted by atomic mass is 16.6. The van der Waals surface area contributed by atoms with Gasteiger partial charge in [0.05, 0.1) is 5.92 Å². The van der Waals surface area contributed by atoms with Crippen molar-refractivity contribution in [1.29, 1.82) is 0 Å². The Morgan fingerprint density at radius 1 is 0.656 bits per heavy atom. The Bertz CT molecular complexity index is 710. The molecule has 3 heterocycles. The monoisotopic (exact) mass is 451 g/mol. The molecular weight excluding hydrogens is 414 g/mol. The molecule has 0 spiro atoms. The van der Waals surface area contributed by atoms with Gasteiger partial charge in [0.1, 0.15) is 5.60 Å². The van der Waals surface area contributed by atoms with Crippen LogP contribution in [-0.4, -0.2) is 88.6 Å². The number of carbonyl (C=O) groups excluding carboxylic acids is 3. The summed E-state index contributed by atoms with van der Waals surface area (Å²) in [5, 5.41) is 9.12. The number of carboxylic acids is 1. The zero-order valence-electron chi connectivity index (χ0n) is 19.5. The quantitative estimate of drug-likeness (QED) is 0.705.